The van der Waals surface area contributed by atoms with E-state index >= 15 is 0 Å². The number of halogens is 1. The highest BCUT2D eigenvalue weighted by Crippen LogP contribution is 2.36. The Labute approximate surface area is 157 Å². The molecule has 2 aromatic rings. The van der Waals surface area contributed by atoms with Gasteiger partial charge in [-0.15, -0.1) is 11.8 Å². The monoisotopic (exact) mass is 374 g/mol. The van der Waals surface area contributed by atoms with Crippen LogP contribution < -0.4 is 15.4 Å². The third kappa shape index (κ3) is 4.91. The first kappa shape index (κ1) is 18.6. The van der Waals surface area contributed by atoms with Gasteiger partial charge >= 0.3 is 6.03 Å². The molecule has 4 nitrogen and oxygen atoms in total. The second-order valence-electron chi connectivity index (χ2n) is 6.19. The Morgan fingerprint density at radius 2 is 2.19 bits per heavy atom. The van der Waals surface area contributed by atoms with Gasteiger partial charge in [0.05, 0.1) is 12.6 Å². The lowest BCUT2D eigenvalue weighted by Gasteiger charge is -2.26. The molecule has 3 rings (SSSR count). The summed E-state index contributed by atoms with van der Waals surface area (Å²) < 4.78 is 19.2. The van der Waals surface area contributed by atoms with Crippen molar-refractivity contribution < 1.29 is 13.9 Å². The number of nitrogens with one attached hydrogen (secondary N) is 2. The largest absolute Gasteiger partial charge is 0.494 e. The minimum absolute atomic E-state index is 0.166. The standard InChI is InChI=1S/C20H23FN2O2S/c1-2-9-25-16-5-3-4-14(11-16)13-22-20(24)23-18-8-10-26-19-7-6-15(21)12-17(18)19/h3-7,11-12,18H,2,8-10,13H2,1H3,(H2,22,23,24). The van der Waals surface area contributed by atoms with Crippen molar-refractivity contribution >= 4 is 17.8 Å². The van der Waals surface area contributed by atoms with E-state index in [0.717, 1.165) is 40.4 Å². The normalized spacial score (nSPS) is 15.8. The number of amides is 2. The van der Waals surface area contributed by atoms with Crippen LogP contribution in [0.1, 0.15) is 36.9 Å². The number of carbonyl (C=O) groups excluding carboxylic acids is 1. The molecule has 0 spiro atoms. The van der Waals surface area contributed by atoms with Crippen molar-refractivity contribution in [1.82, 2.24) is 10.6 Å². The predicted molar refractivity (Wildman–Crippen MR) is 102 cm³/mol. The first-order valence-corrected chi connectivity index (χ1v) is 9.82. The zero-order valence-electron chi connectivity index (χ0n) is 14.8. The second kappa shape index (κ2) is 8.94. The molecule has 0 aromatic heterocycles. The van der Waals surface area contributed by atoms with Gasteiger partial charge < -0.3 is 15.4 Å². The van der Waals surface area contributed by atoms with Crippen LogP contribution in [0.3, 0.4) is 0 Å². The summed E-state index contributed by atoms with van der Waals surface area (Å²) in [5.74, 6) is 1.43. The van der Waals surface area contributed by atoms with Crippen molar-refractivity contribution in [2.45, 2.75) is 37.2 Å². The Bertz CT molecular complexity index is 769. The van der Waals surface area contributed by atoms with Crippen LogP contribution in [0.2, 0.25) is 0 Å². The number of carbonyl (C=O) groups is 1. The average molecular weight is 374 g/mol. The number of hydrogen-bond donors (Lipinski definition) is 2. The van der Waals surface area contributed by atoms with Gasteiger partial charge in [-0.2, -0.15) is 0 Å². The number of hydrogen-bond acceptors (Lipinski definition) is 3. The third-order valence-corrected chi connectivity index (χ3v) is 5.26. The van der Waals surface area contributed by atoms with E-state index in [1.165, 1.54) is 12.1 Å². The fraction of sp³-hybridized carbons (Fsp3) is 0.350. The fourth-order valence-electron chi connectivity index (χ4n) is 2.87. The SMILES string of the molecule is CCCOc1cccc(CNC(=O)NC2CCSc3ccc(F)cc32)c1. The fourth-order valence-corrected chi connectivity index (χ4v) is 3.98. The summed E-state index contributed by atoms with van der Waals surface area (Å²) in [6.45, 7) is 3.14. The highest BCUT2D eigenvalue weighted by molar-refractivity contribution is 7.99. The lowest BCUT2D eigenvalue weighted by Crippen LogP contribution is -2.38. The summed E-state index contributed by atoms with van der Waals surface area (Å²) >= 11 is 1.69. The first-order chi connectivity index (χ1) is 12.7. The van der Waals surface area contributed by atoms with Crippen molar-refractivity contribution in [1.29, 1.82) is 0 Å². The van der Waals surface area contributed by atoms with Crippen molar-refractivity contribution in [3.63, 3.8) is 0 Å². The van der Waals surface area contributed by atoms with Crippen LogP contribution in [0.15, 0.2) is 47.4 Å². The molecular weight excluding hydrogens is 351 g/mol. The van der Waals surface area contributed by atoms with Crippen LogP contribution in [0.4, 0.5) is 9.18 Å². The molecule has 0 radical (unpaired) electrons. The van der Waals surface area contributed by atoms with Gasteiger partial charge in [-0.05, 0) is 54.3 Å². The van der Waals surface area contributed by atoms with Gasteiger partial charge in [0.2, 0.25) is 0 Å². The maximum atomic E-state index is 13.6. The minimum atomic E-state index is -0.276. The number of rotatable bonds is 6. The second-order valence-corrected chi connectivity index (χ2v) is 7.33. The number of ether oxygens (including phenoxy) is 1. The van der Waals surface area contributed by atoms with Crippen LogP contribution >= 0.6 is 11.8 Å². The molecule has 1 atom stereocenters. The smallest absolute Gasteiger partial charge is 0.315 e. The maximum absolute atomic E-state index is 13.6. The Balaban J connectivity index is 1.56. The molecule has 26 heavy (non-hydrogen) atoms. The number of thioether (sulfide) groups is 1. The van der Waals surface area contributed by atoms with E-state index in [2.05, 4.69) is 17.6 Å². The molecule has 0 saturated heterocycles. The van der Waals surface area contributed by atoms with Crippen LogP contribution in [0.25, 0.3) is 0 Å². The van der Waals surface area contributed by atoms with Gasteiger partial charge in [-0.3, -0.25) is 0 Å². The molecule has 2 aromatic carbocycles. The summed E-state index contributed by atoms with van der Waals surface area (Å²) in [6, 6.07) is 12.0. The summed E-state index contributed by atoms with van der Waals surface area (Å²) in [5.41, 5.74) is 1.82. The van der Waals surface area contributed by atoms with Gasteiger partial charge in [0.1, 0.15) is 11.6 Å². The summed E-state index contributed by atoms with van der Waals surface area (Å²) in [6.07, 6.45) is 1.74. The quantitative estimate of drug-likeness (QED) is 0.774. The molecule has 0 aliphatic carbocycles. The Morgan fingerprint density at radius 3 is 3.04 bits per heavy atom. The molecule has 0 fully saturated rings. The number of fused-ring (bicyclic) bond motifs is 1. The van der Waals surface area contributed by atoms with Crippen molar-refractivity contribution in [3.8, 4) is 5.75 Å². The predicted octanol–water partition coefficient (Wildman–Crippen LogP) is 4.65. The number of benzene rings is 2. The van der Waals surface area contributed by atoms with E-state index in [-0.39, 0.29) is 17.9 Å². The molecule has 1 unspecified atom stereocenters. The van der Waals surface area contributed by atoms with E-state index < -0.39 is 0 Å². The Morgan fingerprint density at radius 1 is 1.31 bits per heavy atom. The van der Waals surface area contributed by atoms with Gasteiger partial charge in [0.15, 0.2) is 0 Å². The van der Waals surface area contributed by atoms with Crippen LogP contribution in [0.5, 0.6) is 5.75 Å². The van der Waals surface area contributed by atoms with E-state index in [1.54, 1.807) is 17.8 Å². The maximum Gasteiger partial charge on any atom is 0.315 e. The van der Waals surface area contributed by atoms with Gasteiger partial charge in [-0.25, -0.2) is 9.18 Å². The van der Waals surface area contributed by atoms with Crippen molar-refractivity contribution in [2.24, 2.45) is 0 Å². The van der Waals surface area contributed by atoms with Crippen LogP contribution in [-0.2, 0) is 6.54 Å². The van der Waals surface area contributed by atoms with Crippen LogP contribution in [-0.4, -0.2) is 18.4 Å². The molecule has 1 aliphatic heterocycles. The lowest BCUT2D eigenvalue weighted by molar-refractivity contribution is 0.236. The molecular formula is C20H23FN2O2S. The molecule has 1 heterocycles. The number of urea groups is 1. The van der Waals surface area contributed by atoms with Gasteiger partial charge in [0, 0.05) is 17.2 Å². The van der Waals surface area contributed by atoms with Gasteiger partial charge in [-0.1, -0.05) is 19.1 Å². The summed E-state index contributed by atoms with van der Waals surface area (Å²) in [7, 11) is 0. The molecule has 0 bridgehead atoms. The average Bonchev–Trinajstić information content (AvgIpc) is 2.65. The molecule has 2 N–H and O–H groups in total. The van der Waals surface area contributed by atoms with E-state index in [4.69, 9.17) is 4.74 Å². The van der Waals surface area contributed by atoms with E-state index in [1.807, 2.05) is 24.3 Å². The van der Waals surface area contributed by atoms with Crippen molar-refractivity contribution in [3.05, 3.63) is 59.4 Å². The topological polar surface area (TPSA) is 50.4 Å². The van der Waals surface area contributed by atoms with E-state index in [0.29, 0.717) is 13.2 Å². The molecule has 1 aliphatic rings. The first-order valence-electron chi connectivity index (χ1n) is 8.84. The lowest BCUT2D eigenvalue weighted by atomic mass is 10.0. The Kier molecular flexibility index (Phi) is 6.39. The zero-order valence-corrected chi connectivity index (χ0v) is 15.6. The summed E-state index contributed by atoms with van der Waals surface area (Å²) in [5, 5.41) is 5.83. The summed E-state index contributed by atoms with van der Waals surface area (Å²) in [4.78, 5) is 13.3. The molecule has 0 saturated carbocycles. The van der Waals surface area contributed by atoms with Gasteiger partial charge in [0.25, 0.3) is 0 Å². The molecule has 6 heteroatoms. The Hall–Kier alpha value is -2.21. The molecule has 2 amide bonds. The van der Waals surface area contributed by atoms with Crippen molar-refractivity contribution in [2.75, 3.05) is 12.4 Å². The molecule has 138 valence electrons. The van der Waals surface area contributed by atoms with Crippen LogP contribution in [0, 0.1) is 5.82 Å². The zero-order chi connectivity index (χ0) is 18.4. The third-order valence-electron chi connectivity index (χ3n) is 4.14. The highest BCUT2D eigenvalue weighted by atomic mass is 32.2. The minimum Gasteiger partial charge on any atom is -0.494 e. The van der Waals surface area contributed by atoms with E-state index in [9.17, 15) is 9.18 Å². The highest BCUT2D eigenvalue weighted by Gasteiger charge is 2.22.